The molecule has 20 heavy (non-hydrogen) atoms. The first-order valence-electron chi connectivity index (χ1n) is 6.38. The van der Waals surface area contributed by atoms with Crippen LogP contribution in [0.3, 0.4) is 0 Å². The Hall–Kier alpha value is -2.69. The van der Waals surface area contributed by atoms with Crippen LogP contribution in [-0.4, -0.2) is 21.2 Å². The monoisotopic (exact) mass is 266 g/mol. The Morgan fingerprint density at radius 2 is 2.05 bits per heavy atom. The Morgan fingerprint density at radius 3 is 2.80 bits per heavy atom. The third-order valence-electron chi connectivity index (χ3n) is 3.23. The lowest BCUT2D eigenvalue weighted by Gasteiger charge is -2.15. The zero-order valence-electron chi connectivity index (χ0n) is 11.0. The Morgan fingerprint density at radius 1 is 1.25 bits per heavy atom. The number of carbonyl (C=O) groups excluding carboxylic acids is 1. The number of nitrogens with zero attached hydrogens (tertiary/aromatic N) is 2. The standard InChI is InChI=1S/C15H14N4O/c1-10(11-5-3-2-4-6-11)18-14-13-7-12(8-20)19-15(13)17-9-16-14/h2-10H,1H3,(H2,16,17,18,19)/t10-/m1/s1. The largest absolute Gasteiger partial charge is 0.363 e. The maximum atomic E-state index is 10.8. The van der Waals surface area contributed by atoms with Gasteiger partial charge in [0.1, 0.15) is 17.8 Å². The van der Waals surface area contributed by atoms with Gasteiger partial charge in [0.15, 0.2) is 6.29 Å². The van der Waals surface area contributed by atoms with Crippen LogP contribution in [0, 0.1) is 0 Å². The zero-order chi connectivity index (χ0) is 13.9. The molecule has 0 amide bonds. The van der Waals surface area contributed by atoms with Gasteiger partial charge in [-0.05, 0) is 18.6 Å². The number of carbonyl (C=O) groups is 1. The number of anilines is 1. The van der Waals surface area contributed by atoms with Gasteiger partial charge in [-0.15, -0.1) is 0 Å². The number of aromatic nitrogens is 3. The van der Waals surface area contributed by atoms with E-state index in [9.17, 15) is 4.79 Å². The van der Waals surface area contributed by atoms with Crippen molar-refractivity contribution in [3.63, 3.8) is 0 Å². The molecule has 3 rings (SSSR count). The van der Waals surface area contributed by atoms with Crippen LogP contribution in [0.15, 0.2) is 42.7 Å². The van der Waals surface area contributed by atoms with Gasteiger partial charge in [0, 0.05) is 6.04 Å². The molecular weight excluding hydrogens is 252 g/mol. The van der Waals surface area contributed by atoms with E-state index in [-0.39, 0.29) is 6.04 Å². The molecule has 100 valence electrons. The second-order valence-corrected chi connectivity index (χ2v) is 4.60. The fourth-order valence-electron chi connectivity index (χ4n) is 2.17. The number of nitrogens with one attached hydrogen (secondary N) is 2. The van der Waals surface area contributed by atoms with Crippen LogP contribution in [0.2, 0.25) is 0 Å². The molecule has 2 heterocycles. The first-order chi connectivity index (χ1) is 9.78. The lowest BCUT2D eigenvalue weighted by Crippen LogP contribution is -2.08. The third-order valence-corrected chi connectivity index (χ3v) is 3.23. The van der Waals surface area contributed by atoms with Crippen LogP contribution < -0.4 is 5.32 Å². The Kier molecular flexibility index (Phi) is 3.16. The summed E-state index contributed by atoms with van der Waals surface area (Å²) in [5.41, 5.74) is 2.33. The van der Waals surface area contributed by atoms with E-state index in [0.29, 0.717) is 11.3 Å². The summed E-state index contributed by atoms with van der Waals surface area (Å²) < 4.78 is 0. The van der Waals surface area contributed by atoms with Crippen molar-refractivity contribution < 1.29 is 4.79 Å². The second-order valence-electron chi connectivity index (χ2n) is 4.60. The molecular formula is C15H14N4O. The van der Waals surface area contributed by atoms with Crippen LogP contribution in [0.4, 0.5) is 5.82 Å². The summed E-state index contributed by atoms with van der Waals surface area (Å²) in [6.45, 7) is 2.07. The minimum absolute atomic E-state index is 0.115. The molecule has 0 aliphatic rings. The van der Waals surface area contributed by atoms with E-state index < -0.39 is 0 Å². The highest BCUT2D eigenvalue weighted by Gasteiger charge is 2.11. The molecule has 3 aromatic rings. The van der Waals surface area contributed by atoms with E-state index in [1.54, 1.807) is 6.07 Å². The number of aldehydes is 1. The van der Waals surface area contributed by atoms with Gasteiger partial charge in [-0.2, -0.15) is 0 Å². The Balaban J connectivity index is 1.94. The van der Waals surface area contributed by atoms with Gasteiger partial charge in [0.25, 0.3) is 0 Å². The highest BCUT2D eigenvalue weighted by Crippen LogP contribution is 2.24. The summed E-state index contributed by atoms with van der Waals surface area (Å²) in [4.78, 5) is 22.2. The predicted octanol–water partition coefficient (Wildman–Crippen LogP) is 2.94. The topological polar surface area (TPSA) is 70.7 Å². The van der Waals surface area contributed by atoms with Gasteiger partial charge in [-0.25, -0.2) is 9.97 Å². The van der Waals surface area contributed by atoms with Crippen molar-refractivity contribution in [2.45, 2.75) is 13.0 Å². The minimum atomic E-state index is 0.115. The van der Waals surface area contributed by atoms with E-state index in [4.69, 9.17) is 0 Å². The minimum Gasteiger partial charge on any atom is -0.363 e. The van der Waals surface area contributed by atoms with Crippen LogP contribution in [0.1, 0.15) is 29.0 Å². The average Bonchev–Trinajstić information content (AvgIpc) is 2.92. The number of H-pyrrole nitrogens is 1. The van der Waals surface area contributed by atoms with Crippen molar-refractivity contribution in [1.82, 2.24) is 15.0 Å². The number of hydrogen-bond acceptors (Lipinski definition) is 4. The summed E-state index contributed by atoms with van der Waals surface area (Å²) in [7, 11) is 0. The summed E-state index contributed by atoms with van der Waals surface area (Å²) in [5, 5.41) is 4.17. The van der Waals surface area contributed by atoms with Crippen molar-refractivity contribution >= 4 is 23.1 Å². The van der Waals surface area contributed by atoms with Gasteiger partial charge >= 0.3 is 0 Å². The fraction of sp³-hybridized carbons (Fsp3) is 0.133. The molecule has 0 unspecified atom stereocenters. The van der Waals surface area contributed by atoms with Crippen LogP contribution >= 0.6 is 0 Å². The SMILES string of the molecule is C[C@@H](Nc1ncnc2[nH]c(C=O)cc12)c1ccccc1. The van der Waals surface area contributed by atoms with Gasteiger partial charge in [-0.3, -0.25) is 4.79 Å². The van der Waals surface area contributed by atoms with Gasteiger partial charge in [0.05, 0.1) is 11.1 Å². The van der Waals surface area contributed by atoms with E-state index in [1.165, 1.54) is 11.9 Å². The molecule has 0 fully saturated rings. The average molecular weight is 266 g/mol. The highest BCUT2D eigenvalue weighted by atomic mass is 16.1. The lowest BCUT2D eigenvalue weighted by atomic mass is 10.1. The lowest BCUT2D eigenvalue weighted by molar-refractivity contribution is 0.112. The van der Waals surface area contributed by atoms with Crippen molar-refractivity contribution in [1.29, 1.82) is 0 Å². The van der Waals surface area contributed by atoms with Crippen molar-refractivity contribution in [3.05, 3.63) is 54.0 Å². The Labute approximate surface area is 116 Å². The number of rotatable bonds is 4. The van der Waals surface area contributed by atoms with Crippen molar-refractivity contribution in [2.24, 2.45) is 0 Å². The molecule has 0 spiro atoms. The normalized spacial score (nSPS) is 12.2. The molecule has 0 aliphatic heterocycles. The molecule has 0 saturated heterocycles. The Bertz CT molecular complexity index is 736. The van der Waals surface area contributed by atoms with Crippen LogP contribution in [-0.2, 0) is 0 Å². The van der Waals surface area contributed by atoms with Gasteiger partial charge < -0.3 is 10.3 Å². The molecule has 0 saturated carbocycles. The van der Waals surface area contributed by atoms with Gasteiger partial charge in [-0.1, -0.05) is 30.3 Å². The quantitative estimate of drug-likeness (QED) is 0.712. The van der Waals surface area contributed by atoms with Gasteiger partial charge in [0.2, 0.25) is 0 Å². The summed E-state index contributed by atoms with van der Waals surface area (Å²) in [5.74, 6) is 0.718. The van der Waals surface area contributed by atoms with E-state index in [0.717, 1.165) is 17.5 Å². The van der Waals surface area contributed by atoms with Crippen molar-refractivity contribution in [2.75, 3.05) is 5.32 Å². The molecule has 1 atom stereocenters. The smallest absolute Gasteiger partial charge is 0.166 e. The number of benzene rings is 1. The molecule has 5 heteroatoms. The van der Waals surface area contributed by atoms with Crippen LogP contribution in [0.5, 0.6) is 0 Å². The molecule has 0 bridgehead atoms. The predicted molar refractivity (Wildman–Crippen MR) is 77.8 cm³/mol. The molecule has 1 aromatic carbocycles. The molecule has 2 aromatic heterocycles. The molecule has 5 nitrogen and oxygen atoms in total. The second kappa shape index (κ2) is 5.13. The fourth-order valence-corrected chi connectivity index (χ4v) is 2.17. The third kappa shape index (κ3) is 2.25. The summed E-state index contributed by atoms with van der Waals surface area (Å²) in [6, 6.07) is 12.0. The molecule has 2 N–H and O–H groups in total. The summed E-state index contributed by atoms with van der Waals surface area (Å²) >= 11 is 0. The number of hydrogen-bond donors (Lipinski definition) is 2. The zero-order valence-corrected chi connectivity index (χ0v) is 11.0. The first kappa shape index (κ1) is 12.3. The van der Waals surface area contributed by atoms with Crippen molar-refractivity contribution in [3.8, 4) is 0 Å². The van der Waals surface area contributed by atoms with E-state index in [1.807, 2.05) is 18.2 Å². The highest BCUT2D eigenvalue weighted by molar-refractivity contribution is 5.92. The molecule has 0 aliphatic carbocycles. The number of fused-ring (bicyclic) bond motifs is 1. The molecule has 0 radical (unpaired) electrons. The summed E-state index contributed by atoms with van der Waals surface area (Å²) in [6.07, 6.45) is 2.25. The van der Waals surface area contributed by atoms with Crippen LogP contribution in [0.25, 0.3) is 11.0 Å². The maximum absolute atomic E-state index is 10.8. The first-order valence-corrected chi connectivity index (χ1v) is 6.38. The van der Waals surface area contributed by atoms with E-state index >= 15 is 0 Å². The maximum Gasteiger partial charge on any atom is 0.166 e. The number of aromatic amines is 1. The van der Waals surface area contributed by atoms with E-state index in [2.05, 4.69) is 39.3 Å².